The maximum Gasteiger partial charge on any atom is 0.114 e. The van der Waals surface area contributed by atoms with Gasteiger partial charge in [0.15, 0.2) is 0 Å². The highest BCUT2D eigenvalue weighted by Gasteiger charge is 2.46. The van der Waals surface area contributed by atoms with Crippen LogP contribution in [-0.4, -0.2) is 4.98 Å². The molecule has 1 atom stereocenters. The van der Waals surface area contributed by atoms with Gasteiger partial charge in [-0.15, -0.1) is 11.3 Å². The van der Waals surface area contributed by atoms with Crippen molar-refractivity contribution in [1.29, 1.82) is 0 Å². The largest absolute Gasteiger partial charge is 0.319 e. The van der Waals surface area contributed by atoms with E-state index >= 15 is 0 Å². The molecule has 3 heteroatoms. The molecule has 1 aliphatic rings. The summed E-state index contributed by atoms with van der Waals surface area (Å²) in [5.41, 5.74) is 7.93. The molecule has 0 aromatic carbocycles. The van der Waals surface area contributed by atoms with Gasteiger partial charge in [0, 0.05) is 4.88 Å². The minimum absolute atomic E-state index is 0.167. The van der Waals surface area contributed by atoms with Crippen molar-refractivity contribution in [1.82, 2.24) is 4.98 Å². The van der Waals surface area contributed by atoms with Crippen LogP contribution in [0.15, 0.2) is 0 Å². The lowest BCUT2D eigenvalue weighted by atomic mass is 9.64. The van der Waals surface area contributed by atoms with Crippen molar-refractivity contribution in [2.75, 3.05) is 0 Å². The summed E-state index contributed by atoms with van der Waals surface area (Å²) in [5.74, 6) is 0. The van der Waals surface area contributed by atoms with Gasteiger partial charge in [-0.2, -0.15) is 0 Å². The van der Waals surface area contributed by atoms with E-state index in [1.807, 2.05) is 11.3 Å². The van der Waals surface area contributed by atoms with Gasteiger partial charge in [-0.1, -0.05) is 33.6 Å². The summed E-state index contributed by atoms with van der Waals surface area (Å²) in [6, 6.07) is 0. The van der Waals surface area contributed by atoms with Crippen LogP contribution in [0.1, 0.15) is 62.0 Å². The normalized spacial score (nSPS) is 28.3. The number of nitrogens with zero attached hydrogens (tertiary/aromatic N) is 1. The molecule has 0 spiro atoms. The van der Waals surface area contributed by atoms with E-state index < -0.39 is 0 Å². The highest BCUT2D eigenvalue weighted by Crippen LogP contribution is 2.49. The zero-order chi connectivity index (χ0) is 12.7. The number of nitrogens with two attached hydrogens (primary N) is 1. The highest BCUT2D eigenvalue weighted by atomic mass is 32.1. The van der Waals surface area contributed by atoms with Crippen molar-refractivity contribution in [3.05, 3.63) is 15.6 Å². The van der Waals surface area contributed by atoms with E-state index in [4.69, 9.17) is 10.7 Å². The van der Waals surface area contributed by atoms with E-state index in [2.05, 4.69) is 27.7 Å². The molecule has 0 bridgehead atoms. The molecule has 1 heterocycles. The Labute approximate surface area is 109 Å². The molecule has 0 amide bonds. The lowest BCUT2D eigenvalue weighted by molar-refractivity contribution is 0.0974. The Bertz CT molecular complexity index is 408. The average molecular weight is 252 g/mol. The predicted octanol–water partition coefficient (Wildman–Crippen LogP) is 3.77. The fourth-order valence-corrected chi connectivity index (χ4v) is 4.19. The molecule has 1 fully saturated rings. The molecule has 2 rings (SSSR count). The molecule has 2 N–H and O–H groups in total. The predicted molar refractivity (Wildman–Crippen MR) is 74.3 cm³/mol. The molecule has 17 heavy (non-hydrogen) atoms. The maximum absolute atomic E-state index is 6.74. The summed E-state index contributed by atoms with van der Waals surface area (Å²) >= 11 is 1.81. The van der Waals surface area contributed by atoms with Crippen molar-refractivity contribution in [3.63, 3.8) is 0 Å². The van der Waals surface area contributed by atoms with Gasteiger partial charge in [-0.25, -0.2) is 4.98 Å². The SMILES string of the molecule is CCc1nc(C2(N)CCCCC2(C)C)sc1C. The fraction of sp³-hybridized carbons (Fsp3) is 0.786. The summed E-state index contributed by atoms with van der Waals surface area (Å²) in [6.45, 7) is 8.93. The molecule has 1 saturated carbocycles. The fourth-order valence-electron chi connectivity index (χ4n) is 2.88. The van der Waals surface area contributed by atoms with E-state index in [0.717, 1.165) is 17.8 Å². The monoisotopic (exact) mass is 252 g/mol. The second-order valence-electron chi connectivity index (χ2n) is 5.94. The lowest BCUT2D eigenvalue weighted by Crippen LogP contribution is -2.51. The topological polar surface area (TPSA) is 38.9 Å². The molecule has 96 valence electrons. The highest BCUT2D eigenvalue weighted by molar-refractivity contribution is 7.11. The standard InChI is InChI=1S/C14H24N2S/c1-5-11-10(2)17-12(16-11)14(15)9-7-6-8-13(14,3)4/h5-9,15H2,1-4H3. The van der Waals surface area contributed by atoms with E-state index in [-0.39, 0.29) is 11.0 Å². The number of hydrogen-bond acceptors (Lipinski definition) is 3. The van der Waals surface area contributed by atoms with Crippen molar-refractivity contribution < 1.29 is 0 Å². The number of rotatable bonds is 2. The smallest absolute Gasteiger partial charge is 0.114 e. The van der Waals surface area contributed by atoms with Crippen LogP contribution in [0.5, 0.6) is 0 Å². The van der Waals surface area contributed by atoms with Gasteiger partial charge in [0.1, 0.15) is 5.01 Å². The first-order valence-corrected chi connectivity index (χ1v) is 7.48. The van der Waals surface area contributed by atoms with E-state index in [0.29, 0.717) is 0 Å². The van der Waals surface area contributed by atoms with Gasteiger partial charge >= 0.3 is 0 Å². The Morgan fingerprint density at radius 1 is 1.29 bits per heavy atom. The Balaban J connectivity index is 2.42. The van der Waals surface area contributed by atoms with Crippen LogP contribution in [0.25, 0.3) is 0 Å². The van der Waals surface area contributed by atoms with Crippen molar-refractivity contribution in [2.24, 2.45) is 11.1 Å². The van der Waals surface area contributed by atoms with Gasteiger partial charge in [-0.3, -0.25) is 0 Å². The summed E-state index contributed by atoms with van der Waals surface area (Å²) in [4.78, 5) is 6.15. The van der Waals surface area contributed by atoms with E-state index in [1.54, 1.807) is 0 Å². The lowest BCUT2D eigenvalue weighted by Gasteiger charge is -2.46. The minimum atomic E-state index is -0.214. The third-order valence-electron chi connectivity index (χ3n) is 4.44. The second-order valence-corrected chi connectivity index (χ2v) is 7.14. The van der Waals surface area contributed by atoms with Crippen molar-refractivity contribution in [2.45, 2.75) is 65.3 Å². The zero-order valence-electron chi connectivity index (χ0n) is 11.5. The van der Waals surface area contributed by atoms with Crippen LogP contribution in [0.3, 0.4) is 0 Å². The Kier molecular flexibility index (Phi) is 3.34. The van der Waals surface area contributed by atoms with E-state index in [9.17, 15) is 0 Å². The molecule has 0 aliphatic heterocycles. The summed E-state index contributed by atoms with van der Waals surface area (Å²) in [5, 5.41) is 1.16. The molecule has 0 saturated heterocycles. The van der Waals surface area contributed by atoms with E-state index in [1.165, 1.54) is 29.8 Å². The number of aryl methyl sites for hydroxylation is 2. The molecule has 1 aliphatic carbocycles. The van der Waals surface area contributed by atoms with Gasteiger partial charge in [0.25, 0.3) is 0 Å². The van der Waals surface area contributed by atoms with Gasteiger partial charge in [0.2, 0.25) is 0 Å². The summed E-state index contributed by atoms with van der Waals surface area (Å²) < 4.78 is 0. The van der Waals surface area contributed by atoms with Crippen LogP contribution in [0.4, 0.5) is 0 Å². The zero-order valence-corrected chi connectivity index (χ0v) is 12.3. The Hall–Kier alpha value is -0.410. The van der Waals surface area contributed by atoms with Gasteiger partial charge < -0.3 is 5.73 Å². The first-order valence-electron chi connectivity index (χ1n) is 6.66. The molecule has 1 aromatic heterocycles. The van der Waals surface area contributed by atoms with Crippen LogP contribution in [0, 0.1) is 12.3 Å². The third kappa shape index (κ3) is 2.04. The van der Waals surface area contributed by atoms with Crippen LogP contribution >= 0.6 is 11.3 Å². The molecule has 2 nitrogen and oxygen atoms in total. The minimum Gasteiger partial charge on any atom is -0.319 e. The van der Waals surface area contributed by atoms with Crippen LogP contribution in [0.2, 0.25) is 0 Å². The summed E-state index contributed by atoms with van der Waals surface area (Å²) in [7, 11) is 0. The van der Waals surface area contributed by atoms with Crippen molar-refractivity contribution in [3.8, 4) is 0 Å². The summed E-state index contributed by atoms with van der Waals surface area (Å²) in [6.07, 6.45) is 5.84. The van der Waals surface area contributed by atoms with Gasteiger partial charge in [0.05, 0.1) is 11.2 Å². The quantitative estimate of drug-likeness (QED) is 0.870. The first kappa shape index (κ1) is 13.0. The number of hydrogen-bond donors (Lipinski definition) is 1. The third-order valence-corrected chi connectivity index (χ3v) is 5.63. The average Bonchev–Trinajstić information content (AvgIpc) is 2.64. The first-order chi connectivity index (χ1) is 7.90. The van der Waals surface area contributed by atoms with Crippen LogP contribution in [-0.2, 0) is 12.0 Å². The molecule has 1 unspecified atom stereocenters. The van der Waals surface area contributed by atoms with Gasteiger partial charge in [-0.05, 0) is 31.6 Å². The second kappa shape index (κ2) is 4.36. The number of aromatic nitrogens is 1. The number of thiazole rings is 1. The van der Waals surface area contributed by atoms with Crippen LogP contribution < -0.4 is 5.73 Å². The maximum atomic E-state index is 6.74. The molecular formula is C14H24N2S. The Morgan fingerprint density at radius 2 is 1.94 bits per heavy atom. The molecule has 1 aromatic rings. The Morgan fingerprint density at radius 3 is 2.47 bits per heavy atom. The molecular weight excluding hydrogens is 228 g/mol. The van der Waals surface area contributed by atoms with Crippen molar-refractivity contribution >= 4 is 11.3 Å². The molecule has 0 radical (unpaired) electrons.